The molecule has 4 rings (SSSR count). The van der Waals surface area contributed by atoms with Crippen LogP contribution >= 0.6 is 11.5 Å². The molecule has 0 aliphatic carbocycles. The molecular formula is C23H29N7O2S. The van der Waals surface area contributed by atoms with Crippen molar-refractivity contribution in [2.75, 3.05) is 11.9 Å². The van der Waals surface area contributed by atoms with Crippen LogP contribution in [0.15, 0.2) is 29.3 Å². The molecule has 174 valence electrons. The number of fused-ring (bicyclic) bond motifs is 1. The summed E-state index contributed by atoms with van der Waals surface area (Å²) in [6.45, 7) is 4.79. The molecule has 1 unspecified atom stereocenters. The summed E-state index contributed by atoms with van der Waals surface area (Å²) in [4.78, 5) is 38.3. The lowest BCUT2D eigenvalue weighted by atomic mass is 10.0. The van der Waals surface area contributed by atoms with Gasteiger partial charge < -0.3 is 16.0 Å². The summed E-state index contributed by atoms with van der Waals surface area (Å²) in [6.07, 6.45) is 9.96. The number of hydrogen-bond acceptors (Lipinski definition) is 8. The lowest BCUT2D eigenvalue weighted by Gasteiger charge is -2.18. The van der Waals surface area contributed by atoms with Crippen LogP contribution in [-0.4, -0.2) is 38.4 Å². The first-order chi connectivity index (χ1) is 16.0. The Kier molecular flexibility index (Phi) is 7.43. The van der Waals surface area contributed by atoms with E-state index in [0.29, 0.717) is 36.5 Å². The van der Waals surface area contributed by atoms with Crippen molar-refractivity contribution >= 4 is 34.9 Å². The van der Waals surface area contributed by atoms with Gasteiger partial charge >= 0.3 is 0 Å². The minimum absolute atomic E-state index is 0.102. The lowest BCUT2D eigenvalue weighted by Crippen LogP contribution is -2.31. The highest BCUT2D eigenvalue weighted by atomic mass is 32.1. The van der Waals surface area contributed by atoms with E-state index >= 15 is 0 Å². The first-order valence-corrected chi connectivity index (χ1v) is 12.2. The number of hydrogen-bond donors (Lipinski definition) is 3. The number of aliphatic imine (C=N–C) groups is 1. The van der Waals surface area contributed by atoms with Gasteiger partial charge in [-0.3, -0.25) is 14.6 Å². The summed E-state index contributed by atoms with van der Waals surface area (Å²) in [5.74, 6) is 0.00395. The van der Waals surface area contributed by atoms with Crippen molar-refractivity contribution in [3.63, 3.8) is 0 Å². The second-order valence-corrected chi connectivity index (χ2v) is 9.11. The minimum atomic E-state index is -0.306. The molecule has 0 radical (unpaired) electrons. The largest absolute Gasteiger partial charge is 0.381 e. The highest BCUT2D eigenvalue weighted by Crippen LogP contribution is 2.24. The Morgan fingerprint density at radius 2 is 2.12 bits per heavy atom. The molecular weight excluding hydrogens is 438 g/mol. The molecule has 0 saturated carbocycles. The quantitative estimate of drug-likeness (QED) is 0.485. The fraction of sp³-hybridized carbons (Fsp3) is 0.478. The number of aromatic nitrogens is 3. The van der Waals surface area contributed by atoms with Gasteiger partial charge in [-0.1, -0.05) is 26.2 Å². The van der Waals surface area contributed by atoms with Gasteiger partial charge in [0, 0.05) is 23.9 Å². The molecule has 0 bridgehead atoms. The monoisotopic (exact) mass is 467 g/mol. The molecule has 0 aromatic carbocycles. The van der Waals surface area contributed by atoms with Crippen molar-refractivity contribution in [2.45, 2.75) is 64.8 Å². The number of carbonyl (C=O) groups is 2. The van der Waals surface area contributed by atoms with Gasteiger partial charge in [0.05, 0.1) is 28.9 Å². The summed E-state index contributed by atoms with van der Waals surface area (Å²) in [5, 5.41) is 9.12. The van der Waals surface area contributed by atoms with Crippen molar-refractivity contribution in [1.29, 1.82) is 0 Å². The molecule has 9 nitrogen and oxygen atoms in total. The predicted molar refractivity (Wildman–Crippen MR) is 128 cm³/mol. The van der Waals surface area contributed by atoms with Crippen LogP contribution in [0.4, 0.5) is 5.82 Å². The molecule has 4 heterocycles. The Bertz CT molecular complexity index is 1090. The number of carbonyl (C=O) groups excluding carboxylic acids is 2. The normalized spacial score (nSPS) is 16.1. The highest BCUT2D eigenvalue weighted by molar-refractivity contribution is 7.08. The van der Waals surface area contributed by atoms with Gasteiger partial charge in [0.15, 0.2) is 0 Å². The van der Waals surface area contributed by atoms with E-state index in [2.05, 4.69) is 42.2 Å². The Balaban J connectivity index is 1.38. The van der Waals surface area contributed by atoms with Crippen molar-refractivity contribution in [2.24, 2.45) is 4.99 Å². The third kappa shape index (κ3) is 5.62. The van der Waals surface area contributed by atoms with E-state index in [1.54, 1.807) is 0 Å². The van der Waals surface area contributed by atoms with Crippen molar-refractivity contribution < 1.29 is 9.59 Å². The van der Waals surface area contributed by atoms with E-state index < -0.39 is 0 Å². The van der Waals surface area contributed by atoms with Crippen LogP contribution in [0.3, 0.4) is 0 Å². The van der Waals surface area contributed by atoms with E-state index in [1.165, 1.54) is 49.2 Å². The molecule has 0 fully saturated rings. The van der Waals surface area contributed by atoms with E-state index in [9.17, 15) is 9.59 Å². The lowest BCUT2D eigenvalue weighted by molar-refractivity contribution is -0.116. The third-order valence-corrected chi connectivity index (χ3v) is 6.64. The predicted octanol–water partition coefficient (Wildman–Crippen LogP) is 3.51. The molecule has 2 aliphatic heterocycles. The zero-order valence-corrected chi connectivity index (χ0v) is 19.8. The molecule has 0 saturated heterocycles. The molecule has 2 aliphatic rings. The Labute approximate surface area is 197 Å². The average molecular weight is 468 g/mol. The maximum Gasteiger partial charge on any atom is 0.270 e. The Morgan fingerprint density at radius 3 is 2.91 bits per heavy atom. The van der Waals surface area contributed by atoms with Gasteiger partial charge in [0.2, 0.25) is 5.91 Å². The zero-order valence-electron chi connectivity index (χ0n) is 19.0. The molecule has 2 aromatic rings. The number of nitrogens with one attached hydrogen (secondary N) is 3. The fourth-order valence-corrected chi connectivity index (χ4v) is 4.66. The zero-order chi connectivity index (χ0) is 23.2. The van der Waals surface area contributed by atoms with Crippen LogP contribution in [0, 0.1) is 0 Å². The molecule has 1 atom stereocenters. The van der Waals surface area contributed by atoms with Gasteiger partial charge in [0.1, 0.15) is 17.8 Å². The number of unbranched alkanes of at least 4 members (excludes halogenated alkanes) is 3. The number of anilines is 1. The Morgan fingerprint density at radius 1 is 1.24 bits per heavy atom. The molecule has 3 N–H and O–H groups in total. The summed E-state index contributed by atoms with van der Waals surface area (Å²) in [7, 11) is 0. The third-order valence-electron chi connectivity index (χ3n) is 5.78. The number of rotatable bonds is 9. The van der Waals surface area contributed by atoms with E-state index in [-0.39, 0.29) is 17.9 Å². The average Bonchev–Trinajstić information content (AvgIpc) is 3.32. The second kappa shape index (κ2) is 10.7. The first kappa shape index (κ1) is 23.0. The second-order valence-electron chi connectivity index (χ2n) is 8.30. The summed E-state index contributed by atoms with van der Waals surface area (Å²) >= 11 is 1.38. The van der Waals surface area contributed by atoms with Gasteiger partial charge in [-0.15, -0.1) is 0 Å². The SMILES string of the molecule is CCCCCCC1=CN=C(c2cc(C(C)NC(=O)c3ncnc4c3CCC(=O)N4)ns2)CN1. The van der Waals surface area contributed by atoms with Crippen LogP contribution < -0.4 is 16.0 Å². The van der Waals surface area contributed by atoms with Gasteiger partial charge in [-0.25, -0.2) is 9.97 Å². The summed E-state index contributed by atoms with van der Waals surface area (Å²) < 4.78 is 4.53. The first-order valence-electron chi connectivity index (χ1n) is 11.5. The molecule has 10 heteroatoms. The van der Waals surface area contributed by atoms with Crippen LogP contribution in [0.25, 0.3) is 0 Å². The van der Waals surface area contributed by atoms with Crippen LogP contribution in [-0.2, 0) is 11.2 Å². The highest BCUT2D eigenvalue weighted by Gasteiger charge is 2.25. The summed E-state index contributed by atoms with van der Waals surface area (Å²) in [6, 6.07) is 1.68. The Hall–Kier alpha value is -3.14. The van der Waals surface area contributed by atoms with Gasteiger partial charge in [-0.2, -0.15) is 4.37 Å². The van der Waals surface area contributed by atoms with E-state index in [1.807, 2.05) is 19.2 Å². The van der Waals surface area contributed by atoms with E-state index in [4.69, 9.17) is 0 Å². The number of allylic oxidation sites excluding steroid dienone is 1. The smallest absolute Gasteiger partial charge is 0.270 e. The van der Waals surface area contributed by atoms with Crippen LogP contribution in [0.1, 0.15) is 85.0 Å². The molecule has 2 aromatic heterocycles. The minimum Gasteiger partial charge on any atom is -0.381 e. The number of amides is 2. The van der Waals surface area contributed by atoms with Crippen molar-refractivity contribution in [3.8, 4) is 0 Å². The van der Waals surface area contributed by atoms with Crippen molar-refractivity contribution in [3.05, 3.63) is 46.1 Å². The van der Waals surface area contributed by atoms with Crippen LogP contribution in [0.5, 0.6) is 0 Å². The maximum absolute atomic E-state index is 12.9. The van der Waals surface area contributed by atoms with Gasteiger partial charge in [-0.05, 0) is 43.8 Å². The van der Waals surface area contributed by atoms with E-state index in [0.717, 1.165) is 22.7 Å². The summed E-state index contributed by atoms with van der Waals surface area (Å²) in [5.41, 5.74) is 3.87. The van der Waals surface area contributed by atoms with Crippen LogP contribution in [0.2, 0.25) is 0 Å². The standard InChI is InChI=1S/C23H29N7O2S/c1-3-4-5-6-7-15-11-25-18(12-24-15)19-10-17(30-33-19)14(2)28-23(32)21-16-8-9-20(31)29-22(16)27-13-26-21/h10-11,13-14,24H,3-9,12H2,1-2H3,(H,28,32)(H,26,27,29,31). The number of nitrogens with zero attached hydrogens (tertiary/aromatic N) is 4. The molecule has 33 heavy (non-hydrogen) atoms. The maximum atomic E-state index is 12.9. The van der Waals surface area contributed by atoms with Crippen molar-refractivity contribution in [1.82, 2.24) is 25.0 Å². The molecule has 2 amide bonds. The fourth-order valence-electron chi connectivity index (χ4n) is 3.84. The van der Waals surface area contributed by atoms with Gasteiger partial charge in [0.25, 0.3) is 5.91 Å². The molecule has 0 spiro atoms. The topological polar surface area (TPSA) is 121 Å².